The molecule has 7 nitrogen and oxygen atoms in total. The zero-order valence-corrected chi connectivity index (χ0v) is 16.3. The van der Waals surface area contributed by atoms with Crippen LogP contribution in [0.4, 0.5) is 22.4 Å². The number of benzene rings is 1. The van der Waals surface area contributed by atoms with Gasteiger partial charge in [0.15, 0.2) is 0 Å². The molecule has 3 unspecified atom stereocenters. The highest BCUT2D eigenvalue weighted by molar-refractivity contribution is 5.76. The molecule has 0 spiro atoms. The molecule has 3 N–H and O–H groups in total. The number of carbonyl (C=O) groups is 1. The first-order valence-electron chi connectivity index (χ1n) is 9.73. The third-order valence-electron chi connectivity index (χ3n) is 5.89. The molecular formula is C19H23F4N5O2. The van der Waals surface area contributed by atoms with Crippen LogP contribution in [0.5, 0.6) is 0 Å². The largest absolute Gasteiger partial charge is 0.416 e. The Kier molecular flexibility index (Phi) is 5.49. The number of nitrogens with one attached hydrogen (secondary N) is 3. The maximum atomic E-state index is 14.0. The Morgan fingerprint density at radius 3 is 2.73 bits per heavy atom. The van der Waals surface area contributed by atoms with Gasteiger partial charge in [-0.1, -0.05) is 6.07 Å². The average molecular weight is 429 g/mol. The number of hydrogen-bond acceptors (Lipinski definition) is 5. The maximum Gasteiger partial charge on any atom is 0.416 e. The Bertz CT molecular complexity index is 847. The lowest BCUT2D eigenvalue weighted by atomic mass is 10.0. The summed E-state index contributed by atoms with van der Waals surface area (Å²) in [4.78, 5) is 16.3. The van der Waals surface area contributed by atoms with Crippen molar-refractivity contribution in [2.75, 3.05) is 19.6 Å². The van der Waals surface area contributed by atoms with Crippen LogP contribution in [0.1, 0.15) is 24.5 Å². The average Bonchev–Trinajstić information content (AvgIpc) is 3.38. The van der Waals surface area contributed by atoms with E-state index in [1.165, 1.54) is 0 Å². The van der Waals surface area contributed by atoms with E-state index in [0.717, 1.165) is 24.3 Å². The number of alkyl halides is 3. The van der Waals surface area contributed by atoms with Crippen LogP contribution in [-0.2, 0) is 17.5 Å². The lowest BCUT2D eigenvalue weighted by Gasteiger charge is -2.47. The van der Waals surface area contributed by atoms with Gasteiger partial charge in [0, 0.05) is 36.5 Å². The van der Waals surface area contributed by atoms with Gasteiger partial charge in [0.1, 0.15) is 5.82 Å². The molecule has 0 aliphatic carbocycles. The lowest BCUT2D eigenvalue weighted by Crippen LogP contribution is -2.64. The molecule has 2 amide bonds. The number of halogens is 4. The Morgan fingerprint density at radius 2 is 2.10 bits per heavy atom. The number of rotatable bonds is 4. The van der Waals surface area contributed by atoms with Gasteiger partial charge >= 0.3 is 12.2 Å². The van der Waals surface area contributed by atoms with Crippen LogP contribution in [0, 0.1) is 11.7 Å². The molecule has 3 heterocycles. The monoisotopic (exact) mass is 429 g/mol. The number of amides is 2. The molecule has 0 bridgehead atoms. The fourth-order valence-corrected chi connectivity index (χ4v) is 3.90. The second-order valence-electron chi connectivity index (χ2n) is 7.75. The minimum Gasteiger partial charge on any atom is -0.369 e. The highest BCUT2D eigenvalue weighted by atomic mass is 19.4. The van der Waals surface area contributed by atoms with Crippen LogP contribution >= 0.6 is 0 Å². The zero-order valence-electron chi connectivity index (χ0n) is 16.3. The highest BCUT2D eigenvalue weighted by Crippen LogP contribution is 2.31. The molecule has 3 aliphatic rings. The van der Waals surface area contributed by atoms with Crippen molar-refractivity contribution in [2.45, 2.75) is 38.3 Å². The van der Waals surface area contributed by atoms with Gasteiger partial charge in [-0.25, -0.2) is 9.18 Å². The van der Waals surface area contributed by atoms with E-state index in [0.29, 0.717) is 25.7 Å². The molecule has 1 aromatic rings. The van der Waals surface area contributed by atoms with Crippen molar-refractivity contribution in [1.29, 1.82) is 0 Å². The van der Waals surface area contributed by atoms with Gasteiger partial charge in [-0.2, -0.15) is 18.7 Å². The molecule has 0 saturated carbocycles. The summed E-state index contributed by atoms with van der Waals surface area (Å²) >= 11 is 0. The third kappa shape index (κ3) is 4.04. The zero-order chi connectivity index (χ0) is 21.5. The fraction of sp³-hybridized carbons (Fsp3) is 0.526. The fourth-order valence-electron chi connectivity index (χ4n) is 3.90. The van der Waals surface area contributed by atoms with Crippen molar-refractivity contribution in [1.82, 2.24) is 26.2 Å². The van der Waals surface area contributed by atoms with Crippen molar-refractivity contribution in [3.8, 4) is 0 Å². The molecule has 1 aromatic carbocycles. The van der Waals surface area contributed by atoms with E-state index in [1.807, 2.05) is 13.1 Å². The first-order valence-corrected chi connectivity index (χ1v) is 9.73. The molecule has 4 rings (SSSR count). The molecule has 2 fully saturated rings. The minimum atomic E-state index is -4.59. The normalized spacial score (nSPS) is 26.2. The Labute approximate surface area is 171 Å². The van der Waals surface area contributed by atoms with E-state index >= 15 is 0 Å². The summed E-state index contributed by atoms with van der Waals surface area (Å²) < 4.78 is 57.5. The summed E-state index contributed by atoms with van der Waals surface area (Å²) in [5.74, 6) is -0.714. The van der Waals surface area contributed by atoms with Crippen LogP contribution in [0.25, 0.3) is 0 Å². The number of hydrazine groups is 2. The van der Waals surface area contributed by atoms with Gasteiger partial charge in [0.05, 0.1) is 30.9 Å². The van der Waals surface area contributed by atoms with E-state index in [1.54, 1.807) is 9.80 Å². The quantitative estimate of drug-likeness (QED) is 0.641. The van der Waals surface area contributed by atoms with Crippen molar-refractivity contribution < 1.29 is 27.1 Å². The molecule has 3 atom stereocenters. The lowest BCUT2D eigenvalue weighted by molar-refractivity contribution is -0.137. The molecule has 0 radical (unpaired) electrons. The second kappa shape index (κ2) is 7.95. The molecular weight excluding hydrogens is 406 g/mol. The van der Waals surface area contributed by atoms with Crippen LogP contribution in [0.3, 0.4) is 0 Å². The number of ether oxygens (including phenoxy) is 1. The summed E-state index contributed by atoms with van der Waals surface area (Å²) in [5.41, 5.74) is 8.70. The van der Waals surface area contributed by atoms with Crippen LogP contribution in [0.15, 0.2) is 30.1 Å². The van der Waals surface area contributed by atoms with Gasteiger partial charge in [-0.15, -0.1) is 0 Å². The predicted molar refractivity (Wildman–Crippen MR) is 98.7 cm³/mol. The number of urea groups is 1. The molecule has 30 heavy (non-hydrogen) atoms. The highest BCUT2D eigenvalue weighted by Gasteiger charge is 2.43. The number of likely N-dealkylation sites (tertiary alicyclic amines) is 2. The summed E-state index contributed by atoms with van der Waals surface area (Å²) in [6, 6.07) is 2.14. The summed E-state index contributed by atoms with van der Waals surface area (Å²) in [6.07, 6.45) is -2.17. The Morgan fingerprint density at radius 1 is 1.30 bits per heavy atom. The van der Waals surface area contributed by atoms with Crippen molar-refractivity contribution in [3.63, 3.8) is 0 Å². The topological polar surface area (TPSA) is 68.9 Å². The first kappa shape index (κ1) is 20.7. The van der Waals surface area contributed by atoms with Crippen molar-refractivity contribution in [2.24, 2.45) is 5.92 Å². The SMILES string of the molecule is CC1C(OCc2ccc(C(F)(F)F)cc2F)CN1C(=O)N1CCC(C2=CNNN2)C1. The summed E-state index contributed by atoms with van der Waals surface area (Å²) in [5, 5.41) is 0. The smallest absolute Gasteiger partial charge is 0.369 e. The van der Waals surface area contributed by atoms with Gasteiger partial charge in [0.2, 0.25) is 0 Å². The molecule has 2 saturated heterocycles. The van der Waals surface area contributed by atoms with E-state index in [-0.39, 0.29) is 36.3 Å². The van der Waals surface area contributed by atoms with Crippen molar-refractivity contribution in [3.05, 3.63) is 47.0 Å². The van der Waals surface area contributed by atoms with Gasteiger partial charge < -0.3 is 25.4 Å². The predicted octanol–water partition coefficient (Wildman–Crippen LogP) is 2.33. The molecule has 3 aliphatic heterocycles. The standard InChI is InChI=1S/C19H23F4N5O2/c1-11-17(30-10-13-2-3-14(6-15(13)20)19(21,22)23)9-28(11)18(29)27-5-4-12(8-27)16-7-24-26-25-16/h2-3,6-7,11-12,17,24-26H,4-5,8-10H2,1H3. The van der Waals surface area contributed by atoms with Crippen molar-refractivity contribution >= 4 is 6.03 Å². The second-order valence-corrected chi connectivity index (χ2v) is 7.75. The van der Waals surface area contributed by atoms with E-state index in [4.69, 9.17) is 4.74 Å². The van der Waals surface area contributed by atoms with Crippen LogP contribution in [0.2, 0.25) is 0 Å². The van der Waals surface area contributed by atoms with E-state index in [2.05, 4.69) is 16.4 Å². The Balaban J connectivity index is 1.27. The third-order valence-corrected chi connectivity index (χ3v) is 5.89. The van der Waals surface area contributed by atoms with Crippen LogP contribution in [-0.4, -0.2) is 47.6 Å². The number of nitrogens with zero attached hydrogens (tertiary/aromatic N) is 2. The molecule has 0 aromatic heterocycles. The van der Waals surface area contributed by atoms with Gasteiger partial charge in [0.25, 0.3) is 0 Å². The first-order chi connectivity index (χ1) is 14.2. The molecule has 164 valence electrons. The minimum absolute atomic E-state index is 0.0573. The number of carbonyl (C=O) groups excluding carboxylic acids is 1. The maximum absolute atomic E-state index is 14.0. The van der Waals surface area contributed by atoms with Crippen LogP contribution < -0.4 is 16.4 Å². The summed E-state index contributed by atoms with van der Waals surface area (Å²) in [6.45, 7) is 3.35. The van der Waals surface area contributed by atoms with E-state index < -0.39 is 17.6 Å². The number of hydrogen-bond donors (Lipinski definition) is 3. The van der Waals surface area contributed by atoms with Gasteiger partial charge in [-0.05, 0) is 25.5 Å². The Hall–Kier alpha value is -2.53. The summed E-state index contributed by atoms with van der Waals surface area (Å²) in [7, 11) is 0. The van der Waals surface area contributed by atoms with E-state index in [9.17, 15) is 22.4 Å². The van der Waals surface area contributed by atoms with Gasteiger partial charge in [-0.3, -0.25) is 0 Å². The molecule has 11 heteroatoms.